The summed E-state index contributed by atoms with van der Waals surface area (Å²) in [6, 6.07) is 5.57. The van der Waals surface area contributed by atoms with Gasteiger partial charge in [0.05, 0.1) is 13.7 Å². The van der Waals surface area contributed by atoms with Crippen LogP contribution >= 0.6 is 11.6 Å². The molecule has 1 saturated heterocycles. The summed E-state index contributed by atoms with van der Waals surface area (Å²) in [5.74, 6) is 0.887. The normalized spacial score (nSPS) is 20.2. The van der Waals surface area contributed by atoms with E-state index in [9.17, 15) is 0 Å². The molecule has 0 radical (unpaired) electrons. The second-order valence-corrected chi connectivity index (χ2v) is 4.94. The zero-order chi connectivity index (χ0) is 13.8. The number of ether oxygens (including phenoxy) is 2. The minimum atomic E-state index is -0.320. The van der Waals surface area contributed by atoms with E-state index >= 15 is 0 Å². The van der Waals surface area contributed by atoms with Crippen molar-refractivity contribution in [2.24, 2.45) is 5.73 Å². The van der Waals surface area contributed by atoms with E-state index in [1.807, 2.05) is 18.2 Å². The van der Waals surface area contributed by atoms with Gasteiger partial charge in [-0.1, -0.05) is 11.6 Å². The van der Waals surface area contributed by atoms with Crippen molar-refractivity contribution in [2.75, 3.05) is 26.8 Å². The van der Waals surface area contributed by atoms with Crippen LogP contribution in [0.15, 0.2) is 18.2 Å². The van der Waals surface area contributed by atoms with Gasteiger partial charge < -0.3 is 15.2 Å². The van der Waals surface area contributed by atoms with Crippen LogP contribution in [0.25, 0.3) is 0 Å². The molecule has 2 rings (SSSR count). The van der Waals surface area contributed by atoms with Crippen LogP contribution in [0.5, 0.6) is 5.75 Å². The predicted octanol–water partition coefficient (Wildman–Crippen LogP) is 1.49. The van der Waals surface area contributed by atoms with Gasteiger partial charge >= 0.3 is 0 Å². The summed E-state index contributed by atoms with van der Waals surface area (Å²) in [7, 11) is 1.64. The smallest absolute Gasteiger partial charge is 0.127 e. The van der Waals surface area contributed by atoms with Crippen LogP contribution in [0, 0.1) is 5.41 Å². The first-order valence-corrected chi connectivity index (χ1v) is 6.48. The maximum absolute atomic E-state index is 7.45. The van der Waals surface area contributed by atoms with Crippen molar-refractivity contribution >= 4 is 17.4 Å². The van der Waals surface area contributed by atoms with Crippen molar-refractivity contribution in [3.63, 3.8) is 0 Å². The van der Waals surface area contributed by atoms with E-state index in [1.165, 1.54) is 0 Å². The van der Waals surface area contributed by atoms with E-state index in [-0.39, 0.29) is 11.9 Å². The summed E-state index contributed by atoms with van der Waals surface area (Å²) < 4.78 is 10.8. The molecule has 0 aliphatic carbocycles. The van der Waals surface area contributed by atoms with Gasteiger partial charge in [0, 0.05) is 30.2 Å². The molecule has 19 heavy (non-hydrogen) atoms. The fourth-order valence-corrected chi connectivity index (χ4v) is 2.34. The lowest BCUT2D eigenvalue weighted by atomic mass is 10.1. The summed E-state index contributed by atoms with van der Waals surface area (Å²) in [6.07, 6.45) is -0.320. The zero-order valence-corrected chi connectivity index (χ0v) is 11.6. The van der Waals surface area contributed by atoms with Crippen LogP contribution in [0.3, 0.4) is 0 Å². The molecule has 1 atom stereocenters. The Morgan fingerprint density at radius 3 is 3.11 bits per heavy atom. The third-order valence-electron chi connectivity index (χ3n) is 3.13. The van der Waals surface area contributed by atoms with E-state index in [0.29, 0.717) is 24.7 Å². The van der Waals surface area contributed by atoms with Crippen molar-refractivity contribution in [1.29, 1.82) is 5.41 Å². The molecule has 1 aliphatic heterocycles. The minimum Gasteiger partial charge on any atom is -0.496 e. The molecule has 0 aromatic heterocycles. The largest absolute Gasteiger partial charge is 0.496 e. The van der Waals surface area contributed by atoms with E-state index in [0.717, 1.165) is 17.9 Å². The van der Waals surface area contributed by atoms with E-state index in [4.69, 9.17) is 32.2 Å². The van der Waals surface area contributed by atoms with Gasteiger partial charge in [0.1, 0.15) is 17.7 Å². The lowest BCUT2D eigenvalue weighted by Gasteiger charge is -2.32. The molecule has 6 heteroatoms. The molecule has 1 aromatic carbocycles. The number of hydrogen-bond donors (Lipinski definition) is 2. The van der Waals surface area contributed by atoms with E-state index in [1.54, 1.807) is 7.11 Å². The molecular weight excluding hydrogens is 266 g/mol. The number of amidine groups is 1. The maximum atomic E-state index is 7.45. The number of morpholine rings is 1. The number of hydrogen-bond acceptors (Lipinski definition) is 4. The number of rotatable bonds is 4. The molecule has 1 fully saturated rings. The molecule has 104 valence electrons. The first kappa shape index (κ1) is 14.1. The van der Waals surface area contributed by atoms with Gasteiger partial charge in [0.25, 0.3) is 0 Å². The summed E-state index contributed by atoms with van der Waals surface area (Å²) in [5.41, 5.74) is 6.52. The van der Waals surface area contributed by atoms with Crippen molar-refractivity contribution in [3.8, 4) is 5.75 Å². The number of methoxy groups -OCH3 is 1. The van der Waals surface area contributed by atoms with Crippen LogP contribution < -0.4 is 10.5 Å². The van der Waals surface area contributed by atoms with Gasteiger partial charge in [-0.2, -0.15) is 0 Å². The first-order valence-electron chi connectivity index (χ1n) is 6.10. The summed E-state index contributed by atoms with van der Waals surface area (Å²) in [6.45, 7) is 2.70. The van der Waals surface area contributed by atoms with Crippen LogP contribution in [-0.2, 0) is 11.3 Å². The van der Waals surface area contributed by atoms with Crippen molar-refractivity contribution in [3.05, 3.63) is 28.8 Å². The molecule has 3 N–H and O–H groups in total. The van der Waals surface area contributed by atoms with Crippen molar-refractivity contribution in [2.45, 2.75) is 12.6 Å². The minimum absolute atomic E-state index is 0.0720. The molecule has 1 unspecified atom stereocenters. The second-order valence-electron chi connectivity index (χ2n) is 4.51. The highest BCUT2D eigenvalue weighted by Gasteiger charge is 2.23. The fraction of sp³-hybridized carbons (Fsp3) is 0.462. The monoisotopic (exact) mass is 283 g/mol. The van der Waals surface area contributed by atoms with Gasteiger partial charge in [-0.3, -0.25) is 10.3 Å². The average molecular weight is 284 g/mol. The Labute approximate surface area is 117 Å². The highest BCUT2D eigenvalue weighted by Crippen LogP contribution is 2.24. The van der Waals surface area contributed by atoms with Gasteiger partial charge in [-0.15, -0.1) is 0 Å². The number of nitrogens with zero attached hydrogens (tertiary/aromatic N) is 1. The number of nitrogens with one attached hydrogen (secondary N) is 1. The van der Waals surface area contributed by atoms with Crippen molar-refractivity contribution < 1.29 is 9.47 Å². The Kier molecular flexibility index (Phi) is 4.63. The second kappa shape index (κ2) is 6.23. The molecule has 1 aromatic rings. The first-order chi connectivity index (χ1) is 9.10. The van der Waals surface area contributed by atoms with E-state index in [2.05, 4.69) is 4.90 Å². The zero-order valence-electron chi connectivity index (χ0n) is 10.9. The fourth-order valence-electron chi connectivity index (χ4n) is 2.15. The average Bonchev–Trinajstić information content (AvgIpc) is 2.39. The van der Waals surface area contributed by atoms with Gasteiger partial charge in [0.15, 0.2) is 0 Å². The quantitative estimate of drug-likeness (QED) is 0.649. The third-order valence-corrected chi connectivity index (χ3v) is 3.37. The highest BCUT2D eigenvalue weighted by molar-refractivity contribution is 6.30. The molecule has 0 bridgehead atoms. The Morgan fingerprint density at radius 2 is 2.42 bits per heavy atom. The Hall–Kier alpha value is -1.30. The molecule has 0 spiro atoms. The van der Waals surface area contributed by atoms with E-state index < -0.39 is 0 Å². The molecular formula is C13H18ClN3O2. The van der Waals surface area contributed by atoms with Crippen LogP contribution in [-0.4, -0.2) is 43.6 Å². The Balaban J connectivity index is 2.08. The molecule has 1 aliphatic rings. The van der Waals surface area contributed by atoms with Crippen molar-refractivity contribution in [1.82, 2.24) is 4.90 Å². The topological polar surface area (TPSA) is 71.6 Å². The molecule has 0 amide bonds. The summed E-state index contributed by atoms with van der Waals surface area (Å²) in [4.78, 5) is 2.18. The van der Waals surface area contributed by atoms with Gasteiger partial charge in [0.2, 0.25) is 0 Å². The molecule has 5 nitrogen and oxygen atoms in total. The summed E-state index contributed by atoms with van der Waals surface area (Å²) >= 11 is 6.02. The standard InChI is InChI=1S/C13H18ClN3O2/c1-18-11-3-2-10(14)6-9(11)7-17-4-5-19-12(8-17)13(15)16/h2-3,6,12H,4-5,7-8H2,1H3,(H3,15,16). The Bertz CT molecular complexity index is 467. The predicted molar refractivity (Wildman–Crippen MR) is 74.9 cm³/mol. The lowest BCUT2D eigenvalue weighted by molar-refractivity contribution is 0.00213. The highest BCUT2D eigenvalue weighted by atomic mass is 35.5. The lowest BCUT2D eigenvalue weighted by Crippen LogP contribution is -2.47. The Morgan fingerprint density at radius 1 is 1.63 bits per heavy atom. The van der Waals surface area contributed by atoms with Crippen LogP contribution in [0.2, 0.25) is 5.02 Å². The number of nitrogens with two attached hydrogens (primary N) is 1. The number of halogens is 1. The van der Waals surface area contributed by atoms with Crippen LogP contribution in [0.1, 0.15) is 5.56 Å². The SMILES string of the molecule is COc1ccc(Cl)cc1CN1CCOC(C(=N)N)C1. The van der Waals surface area contributed by atoms with Crippen LogP contribution in [0.4, 0.5) is 0 Å². The van der Waals surface area contributed by atoms with Gasteiger partial charge in [-0.05, 0) is 18.2 Å². The number of benzene rings is 1. The van der Waals surface area contributed by atoms with Gasteiger partial charge in [-0.25, -0.2) is 0 Å². The molecule has 0 saturated carbocycles. The maximum Gasteiger partial charge on any atom is 0.127 e. The summed E-state index contributed by atoms with van der Waals surface area (Å²) in [5, 5.41) is 8.14. The third kappa shape index (κ3) is 3.59. The molecule has 1 heterocycles.